The molecule has 0 radical (unpaired) electrons. The fraction of sp³-hybridized carbons (Fsp3) is 0.375. The molecule has 2 N–H and O–H groups in total. The molecule has 22 heavy (non-hydrogen) atoms. The van der Waals surface area contributed by atoms with E-state index >= 15 is 0 Å². The zero-order chi connectivity index (χ0) is 15.4. The van der Waals surface area contributed by atoms with Crippen molar-refractivity contribution in [2.45, 2.75) is 25.9 Å². The van der Waals surface area contributed by atoms with Crippen molar-refractivity contribution >= 4 is 11.7 Å². The summed E-state index contributed by atoms with van der Waals surface area (Å²) in [5.41, 5.74) is 1.93. The topological polar surface area (TPSA) is 70.4 Å². The lowest BCUT2D eigenvalue weighted by Crippen LogP contribution is -2.43. The Kier molecular flexibility index (Phi) is 4.27. The van der Waals surface area contributed by atoms with Crippen LogP contribution in [0.3, 0.4) is 0 Å². The van der Waals surface area contributed by atoms with Gasteiger partial charge < -0.3 is 20.1 Å². The molecule has 1 saturated heterocycles. The van der Waals surface area contributed by atoms with Crippen molar-refractivity contribution in [2.24, 2.45) is 0 Å². The molecule has 1 aromatic heterocycles. The van der Waals surface area contributed by atoms with E-state index < -0.39 is 0 Å². The van der Waals surface area contributed by atoms with E-state index in [4.69, 9.17) is 4.52 Å². The summed E-state index contributed by atoms with van der Waals surface area (Å²) in [4.78, 5) is 14.2. The van der Waals surface area contributed by atoms with Gasteiger partial charge in [0.05, 0.1) is 6.54 Å². The summed E-state index contributed by atoms with van der Waals surface area (Å²) in [5, 5.41) is 9.65. The van der Waals surface area contributed by atoms with Gasteiger partial charge in [0.25, 0.3) is 0 Å². The first-order valence-electron chi connectivity index (χ1n) is 7.47. The number of nitrogens with zero attached hydrogens (tertiary/aromatic N) is 2. The molecule has 1 atom stereocenters. The zero-order valence-electron chi connectivity index (χ0n) is 12.6. The number of carbonyl (C=O) groups excluding carboxylic acids is 1. The number of nitrogens with one attached hydrogen (secondary N) is 2. The van der Waals surface area contributed by atoms with Crippen LogP contribution in [0.1, 0.15) is 17.9 Å². The second-order valence-corrected chi connectivity index (χ2v) is 5.52. The lowest BCUT2D eigenvalue weighted by molar-refractivity contribution is 0.237. The molecule has 0 bridgehead atoms. The third kappa shape index (κ3) is 3.58. The van der Waals surface area contributed by atoms with Gasteiger partial charge in [0.2, 0.25) is 0 Å². The van der Waals surface area contributed by atoms with Crippen molar-refractivity contribution in [1.82, 2.24) is 15.8 Å². The van der Waals surface area contributed by atoms with Crippen molar-refractivity contribution in [3.63, 3.8) is 0 Å². The fourth-order valence-corrected chi connectivity index (χ4v) is 2.66. The second kappa shape index (κ2) is 6.51. The van der Waals surface area contributed by atoms with E-state index in [1.807, 2.05) is 31.2 Å². The number of urea groups is 1. The first-order valence-corrected chi connectivity index (χ1v) is 7.47. The lowest BCUT2D eigenvalue weighted by atomic mass is 10.3. The largest absolute Gasteiger partial charge is 0.369 e. The summed E-state index contributed by atoms with van der Waals surface area (Å²) >= 11 is 0. The minimum Gasteiger partial charge on any atom is -0.369 e. The summed E-state index contributed by atoms with van der Waals surface area (Å²) in [6.07, 6.45) is 0.950. The quantitative estimate of drug-likeness (QED) is 0.907. The van der Waals surface area contributed by atoms with Gasteiger partial charge >= 0.3 is 6.03 Å². The first-order chi connectivity index (χ1) is 10.7. The number of aryl methyl sites for hydroxylation is 1. The molecule has 1 aliphatic rings. The number of benzene rings is 1. The maximum Gasteiger partial charge on any atom is 0.315 e. The Morgan fingerprint density at radius 1 is 1.41 bits per heavy atom. The maximum atomic E-state index is 11.9. The van der Waals surface area contributed by atoms with Crippen LogP contribution in [-0.2, 0) is 6.54 Å². The Labute approximate surface area is 129 Å². The van der Waals surface area contributed by atoms with Gasteiger partial charge in [0.15, 0.2) is 0 Å². The van der Waals surface area contributed by atoms with Crippen LogP contribution in [0, 0.1) is 6.92 Å². The van der Waals surface area contributed by atoms with E-state index in [0.29, 0.717) is 6.54 Å². The molecule has 0 unspecified atom stereocenters. The predicted octanol–water partition coefficient (Wildman–Crippen LogP) is 2.06. The summed E-state index contributed by atoms with van der Waals surface area (Å²) < 4.78 is 4.96. The number of amides is 2. The average molecular weight is 300 g/mol. The van der Waals surface area contributed by atoms with Gasteiger partial charge in [-0.05, 0) is 25.5 Å². The van der Waals surface area contributed by atoms with Crippen LogP contribution in [0.25, 0.3) is 0 Å². The standard InChI is InChI=1S/C16H20N4O2/c1-12-9-14(19-22-12)10-17-16(21)18-13-7-8-20(11-13)15-5-3-2-4-6-15/h2-6,9,13H,7-8,10-11H2,1H3,(H2,17,18,21)/t13-/m1/s1. The third-order valence-electron chi connectivity index (χ3n) is 3.75. The van der Waals surface area contributed by atoms with Gasteiger partial charge in [-0.15, -0.1) is 0 Å². The van der Waals surface area contributed by atoms with Crippen molar-refractivity contribution in [3.8, 4) is 0 Å². The average Bonchev–Trinajstić information content (AvgIpc) is 3.15. The second-order valence-electron chi connectivity index (χ2n) is 5.52. The van der Waals surface area contributed by atoms with E-state index in [0.717, 1.165) is 31.0 Å². The van der Waals surface area contributed by atoms with Gasteiger partial charge in [-0.25, -0.2) is 4.79 Å². The smallest absolute Gasteiger partial charge is 0.315 e. The number of anilines is 1. The Morgan fingerprint density at radius 3 is 2.95 bits per heavy atom. The van der Waals surface area contributed by atoms with Gasteiger partial charge in [-0.2, -0.15) is 0 Å². The van der Waals surface area contributed by atoms with Crippen molar-refractivity contribution in [2.75, 3.05) is 18.0 Å². The van der Waals surface area contributed by atoms with Crippen LogP contribution in [0.2, 0.25) is 0 Å². The van der Waals surface area contributed by atoms with E-state index in [9.17, 15) is 4.79 Å². The Hall–Kier alpha value is -2.50. The molecule has 2 heterocycles. The zero-order valence-corrected chi connectivity index (χ0v) is 12.6. The highest BCUT2D eigenvalue weighted by Gasteiger charge is 2.23. The number of hydrogen-bond donors (Lipinski definition) is 2. The number of carbonyl (C=O) groups is 1. The van der Waals surface area contributed by atoms with E-state index in [2.05, 4.69) is 32.8 Å². The minimum absolute atomic E-state index is 0.166. The van der Waals surface area contributed by atoms with Gasteiger partial charge in [0, 0.05) is 30.9 Å². The highest BCUT2D eigenvalue weighted by Crippen LogP contribution is 2.19. The molecule has 2 aromatic rings. The van der Waals surface area contributed by atoms with Crippen LogP contribution in [0.5, 0.6) is 0 Å². The predicted molar refractivity (Wildman–Crippen MR) is 83.7 cm³/mol. The van der Waals surface area contributed by atoms with E-state index in [1.165, 1.54) is 5.69 Å². The lowest BCUT2D eigenvalue weighted by Gasteiger charge is -2.19. The van der Waals surface area contributed by atoms with Crippen molar-refractivity contribution < 1.29 is 9.32 Å². The molecule has 0 aliphatic carbocycles. The summed E-state index contributed by atoms with van der Waals surface area (Å²) in [6, 6.07) is 12.1. The van der Waals surface area contributed by atoms with Crippen LogP contribution >= 0.6 is 0 Å². The van der Waals surface area contributed by atoms with Crippen LogP contribution in [-0.4, -0.2) is 30.3 Å². The normalized spacial score (nSPS) is 17.5. The molecule has 1 fully saturated rings. The number of rotatable bonds is 4. The molecule has 1 aromatic carbocycles. The number of para-hydroxylation sites is 1. The minimum atomic E-state index is -0.166. The summed E-state index contributed by atoms with van der Waals surface area (Å²) in [6.45, 7) is 3.99. The van der Waals surface area contributed by atoms with Gasteiger partial charge in [0.1, 0.15) is 11.5 Å². The Balaban J connectivity index is 1.45. The molecular formula is C16H20N4O2. The molecule has 6 heteroatoms. The van der Waals surface area contributed by atoms with Crippen molar-refractivity contribution in [1.29, 1.82) is 0 Å². The monoisotopic (exact) mass is 300 g/mol. The van der Waals surface area contributed by atoms with Crippen LogP contribution < -0.4 is 15.5 Å². The summed E-state index contributed by atoms with van der Waals surface area (Å²) in [5.74, 6) is 0.742. The molecule has 0 saturated carbocycles. The molecule has 116 valence electrons. The van der Waals surface area contributed by atoms with Gasteiger partial charge in [-0.1, -0.05) is 23.4 Å². The molecule has 1 aliphatic heterocycles. The Bertz CT molecular complexity index is 626. The van der Waals surface area contributed by atoms with Crippen molar-refractivity contribution in [3.05, 3.63) is 47.9 Å². The molecular weight excluding hydrogens is 280 g/mol. The maximum absolute atomic E-state index is 11.9. The Morgan fingerprint density at radius 2 is 2.23 bits per heavy atom. The van der Waals surface area contributed by atoms with E-state index in [1.54, 1.807) is 0 Å². The number of aromatic nitrogens is 1. The molecule has 6 nitrogen and oxygen atoms in total. The SMILES string of the molecule is Cc1cc(CNC(=O)N[C@@H]2CCN(c3ccccc3)C2)no1. The van der Waals surface area contributed by atoms with Gasteiger partial charge in [-0.3, -0.25) is 0 Å². The third-order valence-corrected chi connectivity index (χ3v) is 3.75. The van der Waals surface area contributed by atoms with Crippen LogP contribution in [0.15, 0.2) is 40.9 Å². The summed E-state index contributed by atoms with van der Waals surface area (Å²) in [7, 11) is 0. The van der Waals surface area contributed by atoms with E-state index in [-0.39, 0.29) is 12.1 Å². The highest BCUT2D eigenvalue weighted by atomic mass is 16.5. The van der Waals surface area contributed by atoms with Crippen LogP contribution in [0.4, 0.5) is 10.5 Å². The fourth-order valence-electron chi connectivity index (χ4n) is 2.66. The number of hydrogen-bond acceptors (Lipinski definition) is 4. The molecule has 3 rings (SSSR count). The molecule has 2 amide bonds. The first kappa shape index (κ1) is 14.4. The highest BCUT2D eigenvalue weighted by molar-refractivity contribution is 5.74. The molecule has 0 spiro atoms.